The van der Waals surface area contributed by atoms with Crippen molar-refractivity contribution in [2.24, 2.45) is 5.92 Å². The average molecular weight is 379 g/mol. The summed E-state index contributed by atoms with van der Waals surface area (Å²) >= 11 is 0. The number of nitrogens with one attached hydrogen (secondary N) is 1. The van der Waals surface area contributed by atoms with Crippen LogP contribution in [0.3, 0.4) is 0 Å². The van der Waals surface area contributed by atoms with Crippen molar-refractivity contribution in [1.82, 2.24) is 20.4 Å². The van der Waals surface area contributed by atoms with Crippen LogP contribution < -0.4 is 10.2 Å². The van der Waals surface area contributed by atoms with Crippen molar-refractivity contribution in [3.05, 3.63) is 46.9 Å². The van der Waals surface area contributed by atoms with Gasteiger partial charge in [0.25, 0.3) is 5.71 Å². The number of amides is 1. The molecule has 0 aliphatic carbocycles. The first-order chi connectivity index (χ1) is 13.5. The summed E-state index contributed by atoms with van der Waals surface area (Å²) in [7, 11) is 0. The monoisotopic (exact) mass is 379 g/mol. The number of aryl methyl sites for hydroxylation is 3. The van der Waals surface area contributed by atoms with Crippen LogP contribution in [-0.4, -0.2) is 34.1 Å². The van der Waals surface area contributed by atoms with Crippen LogP contribution in [0.15, 0.2) is 28.8 Å². The zero-order chi connectivity index (χ0) is 19.7. The van der Waals surface area contributed by atoms with Gasteiger partial charge in [0.15, 0.2) is 0 Å². The first-order valence-corrected chi connectivity index (χ1v) is 9.70. The Kier molecular flexibility index (Phi) is 4.98. The molecule has 3 aromatic rings. The summed E-state index contributed by atoms with van der Waals surface area (Å²) < 4.78 is 5.32. The second kappa shape index (κ2) is 7.58. The lowest BCUT2D eigenvalue weighted by atomic mass is 9.96. The van der Waals surface area contributed by atoms with Gasteiger partial charge in [0.2, 0.25) is 5.91 Å². The van der Waals surface area contributed by atoms with Gasteiger partial charge in [-0.2, -0.15) is 4.98 Å². The highest BCUT2D eigenvalue weighted by molar-refractivity contribution is 5.88. The van der Waals surface area contributed by atoms with Gasteiger partial charge in [-0.25, -0.2) is 4.98 Å². The van der Waals surface area contributed by atoms with Crippen molar-refractivity contribution in [2.45, 2.75) is 40.2 Å². The SMILES string of the molecule is Cc1ccc(CNC(=O)C2CCCN(c3nc(C)nc4onc(C)c34)C2)cc1. The molecule has 7 nitrogen and oxygen atoms in total. The van der Waals surface area contributed by atoms with Gasteiger partial charge in [0, 0.05) is 19.6 Å². The highest BCUT2D eigenvalue weighted by atomic mass is 16.5. The van der Waals surface area contributed by atoms with Crippen molar-refractivity contribution in [3.8, 4) is 0 Å². The number of anilines is 1. The summed E-state index contributed by atoms with van der Waals surface area (Å²) in [6.07, 6.45) is 1.82. The molecule has 1 aliphatic heterocycles. The molecule has 0 spiro atoms. The van der Waals surface area contributed by atoms with Gasteiger partial charge in [0.05, 0.1) is 11.6 Å². The summed E-state index contributed by atoms with van der Waals surface area (Å²) in [6, 6.07) is 8.23. The lowest BCUT2D eigenvalue weighted by molar-refractivity contribution is -0.125. The van der Waals surface area contributed by atoms with Crippen molar-refractivity contribution in [2.75, 3.05) is 18.0 Å². The third-order valence-corrected chi connectivity index (χ3v) is 5.28. The molecule has 2 aromatic heterocycles. The molecule has 1 atom stereocenters. The maximum atomic E-state index is 12.8. The number of carbonyl (C=O) groups is 1. The Labute approximate surface area is 164 Å². The molecule has 0 radical (unpaired) electrons. The third-order valence-electron chi connectivity index (χ3n) is 5.28. The number of nitrogens with zero attached hydrogens (tertiary/aromatic N) is 4. The van der Waals surface area contributed by atoms with Crippen LogP contribution in [0.25, 0.3) is 11.1 Å². The van der Waals surface area contributed by atoms with E-state index in [1.54, 1.807) is 0 Å². The van der Waals surface area contributed by atoms with Gasteiger partial charge in [-0.15, -0.1) is 0 Å². The fourth-order valence-corrected chi connectivity index (χ4v) is 3.72. The Hall–Kier alpha value is -2.96. The summed E-state index contributed by atoms with van der Waals surface area (Å²) in [5.41, 5.74) is 3.61. The molecule has 7 heteroatoms. The minimum Gasteiger partial charge on any atom is -0.355 e. The van der Waals surface area contributed by atoms with Crippen molar-refractivity contribution in [1.29, 1.82) is 0 Å². The van der Waals surface area contributed by atoms with Crippen LogP contribution >= 0.6 is 0 Å². The number of rotatable bonds is 4. The standard InChI is InChI=1S/C21H25N5O2/c1-13-6-8-16(9-7-13)11-22-20(27)17-5-4-10-26(12-17)19-18-14(2)25-28-21(18)24-15(3)23-19/h6-9,17H,4-5,10-12H2,1-3H3,(H,22,27). The van der Waals surface area contributed by atoms with E-state index >= 15 is 0 Å². The highest BCUT2D eigenvalue weighted by Gasteiger charge is 2.28. The Morgan fingerprint density at radius 2 is 2.00 bits per heavy atom. The van der Waals surface area contributed by atoms with Gasteiger partial charge in [-0.3, -0.25) is 4.79 Å². The number of piperidine rings is 1. The zero-order valence-corrected chi connectivity index (χ0v) is 16.5. The van der Waals surface area contributed by atoms with Gasteiger partial charge >= 0.3 is 0 Å². The number of benzene rings is 1. The fraction of sp³-hybridized carbons (Fsp3) is 0.429. The van der Waals surface area contributed by atoms with E-state index in [9.17, 15) is 4.79 Å². The van der Waals surface area contributed by atoms with Crippen LogP contribution in [0, 0.1) is 26.7 Å². The molecule has 28 heavy (non-hydrogen) atoms. The molecule has 3 heterocycles. The molecule has 0 bridgehead atoms. The molecule has 1 N–H and O–H groups in total. The Morgan fingerprint density at radius 3 is 2.79 bits per heavy atom. The Bertz CT molecular complexity index is 996. The molecule has 1 fully saturated rings. The molecule has 4 rings (SSSR count). The predicted octanol–water partition coefficient (Wildman–Crippen LogP) is 3.08. The summed E-state index contributed by atoms with van der Waals surface area (Å²) in [5, 5.41) is 7.96. The highest BCUT2D eigenvalue weighted by Crippen LogP contribution is 2.30. The number of aromatic nitrogens is 3. The van der Waals surface area contributed by atoms with Gasteiger partial charge in [-0.1, -0.05) is 35.0 Å². The van der Waals surface area contributed by atoms with Crippen LogP contribution in [0.5, 0.6) is 0 Å². The molecule has 1 aromatic carbocycles. The van der Waals surface area contributed by atoms with Crippen molar-refractivity contribution >= 4 is 22.8 Å². The molecule has 1 aliphatic rings. The fourth-order valence-electron chi connectivity index (χ4n) is 3.72. The second-order valence-electron chi connectivity index (χ2n) is 7.53. The molecule has 1 unspecified atom stereocenters. The Balaban J connectivity index is 1.48. The minimum absolute atomic E-state index is 0.0651. The van der Waals surface area contributed by atoms with E-state index in [-0.39, 0.29) is 11.8 Å². The maximum Gasteiger partial charge on any atom is 0.263 e. The van der Waals surface area contributed by atoms with E-state index in [2.05, 4.69) is 56.5 Å². The van der Waals surface area contributed by atoms with E-state index in [0.29, 0.717) is 24.6 Å². The first-order valence-electron chi connectivity index (χ1n) is 9.70. The molecule has 0 saturated carbocycles. The quantitative estimate of drug-likeness (QED) is 0.750. The Morgan fingerprint density at radius 1 is 1.21 bits per heavy atom. The van der Waals surface area contributed by atoms with Crippen molar-refractivity contribution < 1.29 is 9.32 Å². The topological polar surface area (TPSA) is 84.2 Å². The maximum absolute atomic E-state index is 12.8. The normalized spacial score (nSPS) is 17.1. The molecular formula is C21H25N5O2. The molecule has 1 amide bonds. The van der Waals surface area contributed by atoms with Gasteiger partial charge in [-0.05, 0) is 39.2 Å². The minimum atomic E-state index is -0.0651. The summed E-state index contributed by atoms with van der Waals surface area (Å²) in [5.74, 6) is 1.49. The summed E-state index contributed by atoms with van der Waals surface area (Å²) in [6.45, 7) is 7.84. The van der Waals surface area contributed by atoms with E-state index in [1.165, 1.54) is 5.56 Å². The van der Waals surface area contributed by atoms with Crippen LogP contribution in [0.1, 0.15) is 35.5 Å². The largest absolute Gasteiger partial charge is 0.355 e. The van der Waals surface area contributed by atoms with E-state index in [4.69, 9.17) is 4.52 Å². The van der Waals surface area contributed by atoms with E-state index in [0.717, 1.165) is 41.8 Å². The number of fused-ring (bicyclic) bond motifs is 1. The van der Waals surface area contributed by atoms with Gasteiger partial charge < -0.3 is 14.7 Å². The molecular weight excluding hydrogens is 354 g/mol. The molecule has 146 valence electrons. The van der Waals surface area contributed by atoms with Gasteiger partial charge in [0.1, 0.15) is 17.0 Å². The zero-order valence-electron chi connectivity index (χ0n) is 16.5. The van der Waals surface area contributed by atoms with Crippen LogP contribution in [0.2, 0.25) is 0 Å². The number of carbonyl (C=O) groups excluding carboxylic acids is 1. The van der Waals surface area contributed by atoms with Crippen molar-refractivity contribution in [3.63, 3.8) is 0 Å². The number of hydrogen-bond acceptors (Lipinski definition) is 6. The first kappa shape index (κ1) is 18.4. The molecule has 1 saturated heterocycles. The van der Waals surface area contributed by atoms with Crippen LogP contribution in [-0.2, 0) is 11.3 Å². The van der Waals surface area contributed by atoms with Crippen LogP contribution in [0.4, 0.5) is 5.82 Å². The van der Waals surface area contributed by atoms with E-state index in [1.807, 2.05) is 13.8 Å². The smallest absolute Gasteiger partial charge is 0.263 e. The lowest BCUT2D eigenvalue weighted by Gasteiger charge is -2.33. The second-order valence-corrected chi connectivity index (χ2v) is 7.53. The lowest BCUT2D eigenvalue weighted by Crippen LogP contribution is -2.43. The average Bonchev–Trinajstić information content (AvgIpc) is 3.07. The van der Waals surface area contributed by atoms with E-state index < -0.39 is 0 Å². The predicted molar refractivity (Wildman–Crippen MR) is 107 cm³/mol. The summed E-state index contributed by atoms with van der Waals surface area (Å²) in [4.78, 5) is 23.9. The third kappa shape index (κ3) is 3.69. The number of hydrogen-bond donors (Lipinski definition) is 1.